The van der Waals surface area contributed by atoms with Crippen molar-refractivity contribution in [2.75, 3.05) is 52.4 Å². The summed E-state index contributed by atoms with van der Waals surface area (Å²) in [5.41, 5.74) is 2.19. The average Bonchev–Trinajstić information content (AvgIpc) is 2.73. The molecule has 2 aromatic rings. The van der Waals surface area contributed by atoms with Crippen LogP contribution in [0.3, 0.4) is 0 Å². The van der Waals surface area contributed by atoms with Crippen LogP contribution >= 0.6 is 0 Å². The molecule has 0 bridgehead atoms. The number of halogens is 1. The zero-order valence-corrected chi connectivity index (χ0v) is 16.4. The zero-order chi connectivity index (χ0) is 19.4. The van der Waals surface area contributed by atoms with Gasteiger partial charge < -0.3 is 19.1 Å². The molecule has 6 heteroatoms. The van der Waals surface area contributed by atoms with Crippen molar-refractivity contribution >= 4 is 5.69 Å². The number of anilines is 1. The van der Waals surface area contributed by atoms with Gasteiger partial charge in [0.05, 0.1) is 21.3 Å². The topological polar surface area (TPSA) is 34.2 Å². The molecule has 0 aliphatic carbocycles. The number of hydrogen-bond acceptors (Lipinski definition) is 5. The fourth-order valence-electron chi connectivity index (χ4n) is 3.54. The second kappa shape index (κ2) is 8.48. The lowest BCUT2D eigenvalue weighted by Gasteiger charge is -2.39. The van der Waals surface area contributed by atoms with Crippen molar-refractivity contribution in [1.29, 1.82) is 0 Å². The van der Waals surface area contributed by atoms with Crippen molar-refractivity contribution in [3.63, 3.8) is 0 Å². The molecule has 1 aliphatic heterocycles. The molecular formula is C21H27FN2O3. The Hall–Kier alpha value is -2.47. The van der Waals surface area contributed by atoms with Gasteiger partial charge in [0.25, 0.3) is 0 Å². The van der Waals surface area contributed by atoms with Gasteiger partial charge in [-0.1, -0.05) is 6.07 Å². The second-order valence-electron chi connectivity index (χ2n) is 6.63. The van der Waals surface area contributed by atoms with Crippen LogP contribution in [0.2, 0.25) is 0 Å². The number of piperazine rings is 1. The molecule has 0 N–H and O–H groups in total. The normalized spacial score (nSPS) is 16.1. The Labute approximate surface area is 160 Å². The van der Waals surface area contributed by atoms with E-state index >= 15 is 0 Å². The summed E-state index contributed by atoms with van der Waals surface area (Å²) in [5, 5.41) is 0. The lowest BCUT2D eigenvalue weighted by molar-refractivity contribution is 0.198. The van der Waals surface area contributed by atoms with Crippen molar-refractivity contribution in [3.8, 4) is 17.2 Å². The molecule has 146 valence electrons. The van der Waals surface area contributed by atoms with E-state index in [0.717, 1.165) is 43.4 Å². The summed E-state index contributed by atoms with van der Waals surface area (Å²) in [5.74, 6) is 1.44. The first-order valence-electron chi connectivity index (χ1n) is 9.11. The van der Waals surface area contributed by atoms with E-state index < -0.39 is 0 Å². The Bertz CT molecular complexity index is 776. The Morgan fingerprint density at radius 3 is 2.11 bits per heavy atom. The van der Waals surface area contributed by atoms with Crippen LogP contribution in [0.4, 0.5) is 10.1 Å². The summed E-state index contributed by atoms with van der Waals surface area (Å²) in [6, 6.07) is 11.4. The van der Waals surface area contributed by atoms with Gasteiger partial charge >= 0.3 is 0 Å². The lowest BCUT2D eigenvalue weighted by Crippen LogP contribution is -2.47. The second-order valence-corrected chi connectivity index (χ2v) is 6.63. The molecule has 1 atom stereocenters. The molecule has 1 heterocycles. The molecule has 1 saturated heterocycles. The summed E-state index contributed by atoms with van der Waals surface area (Å²) in [7, 11) is 4.79. The highest BCUT2D eigenvalue weighted by molar-refractivity contribution is 5.51. The van der Waals surface area contributed by atoms with Crippen LogP contribution in [-0.4, -0.2) is 52.4 Å². The predicted octanol–water partition coefficient (Wildman–Crippen LogP) is 3.73. The van der Waals surface area contributed by atoms with E-state index in [1.54, 1.807) is 20.3 Å². The average molecular weight is 374 g/mol. The van der Waals surface area contributed by atoms with E-state index in [1.165, 1.54) is 18.7 Å². The molecule has 0 amide bonds. The van der Waals surface area contributed by atoms with Crippen LogP contribution in [0.15, 0.2) is 36.4 Å². The van der Waals surface area contributed by atoms with Crippen LogP contribution in [0.1, 0.15) is 18.5 Å². The minimum Gasteiger partial charge on any atom is -0.494 e. The molecule has 5 nitrogen and oxygen atoms in total. The van der Waals surface area contributed by atoms with Crippen LogP contribution in [0.25, 0.3) is 0 Å². The largest absolute Gasteiger partial charge is 0.494 e. The van der Waals surface area contributed by atoms with Crippen molar-refractivity contribution < 1.29 is 18.6 Å². The van der Waals surface area contributed by atoms with E-state index in [-0.39, 0.29) is 17.6 Å². The first-order valence-corrected chi connectivity index (χ1v) is 9.11. The number of methoxy groups -OCH3 is 3. The van der Waals surface area contributed by atoms with Gasteiger partial charge in [-0.2, -0.15) is 0 Å². The maximum Gasteiger partial charge on any atom is 0.165 e. The van der Waals surface area contributed by atoms with Crippen LogP contribution in [0.5, 0.6) is 17.2 Å². The molecule has 0 aromatic heterocycles. The molecule has 1 unspecified atom stereocenters. The van der Waals surface area contributed by atoms with Crippen molar-refractivity contribution in [1.82, 2.24) is 4.90 Å². The lowest BCUT2D eigenvalue weighted by atomic mass is 10.0. The van der Waals surface area contributed by atoms with Gasteiger partial charge in [0.1, 0.15) is 0 Å². The molecule has 0 spiro atoms. The third-order valence-corrected chi connectivity index (χ3v) is 5.25. The van der Waals surface area contributed by atoms with Crippen molar-refractivity contribution in [2.45, 2.75) is 13.0 Å². The molecule has 2 aromatic carbocycles. The number of benzene rings is 2. The van der Waals surface area contributed by atoms with E-state index in [1.807, 2.05) is 18.2 Å². The standard InChI is InChI=1S/C21H27FN2O3/c1-15(16-5-8-19(25-2)21(13-16)27-4)23-9-11-24(12-10-23)17-6-7-18(22)20(14-17)26-3/h5-8,13-15H,9-12H2,1-4H3. The van der Waals surface area contributed by atoms with Gasteiger partial charge in [-0.25, -0.2) is 4.39 Å². The van der Waals surface area contributed by atoms with E-state index in [9.17, 15) is 4.39 Å². The fourth-order valence-corrected chi connectivity index (χ4v) is 3.54. The first kappa shape index (κ1) is 19.3. The van der Waals surface area contributed by atoms with Gasteiger partial charge in [0, 0.05) is 44.0 Å². The van der Waals surface area contributed by atoms with Crippen molar-refractivity contribution in [3.05, 3.63) is 47.8 Å². The van der Waals surface area contributed by atoms with Gasteiger partial charge in [0.2, 0.25) is 0 Å². The molecule has 1 fully saturated rings. The molecule has 0 saturated carbocycles. The quantitative estimate of drug-likeness (QED) is 0.770. The van der Waals surface area contributed by atoms with Gasteiger partial charge in [-0.15, -0.1) is 0 Å². The number of ether oxygens (including phenoxy) is 3. The minimum atomic E-state index is -0.332. The van der Waals surface area contributed by atoms with Gasteiger partial charge in [-0.05, 0) is 36.8 Å². The Balaban J connectivity index is 1.66. The zero-order valence-electron chi connectivity index (χ0n) is 16.4. The van der Waals surface area contributed by atoms with E-state index in [4.69, 9.17) is 14.2 Å². The Morgan fingerprint density at radius 1 is 0.815 bits per heavy atom. The van der Waals surface area contributed by atoms with E-state index in [0.29, 0.717) is 0 Å². The van der Waals surface area contributed by atoms with E-state index in [2.05, 4.69) is 22.8 Å². The summed E-state index contributed by atoms with van der Waals surface area (Å²) in [4.78, 5) is 4.71. The number of nitrogens with zero attached hydrogens (tertiary/aromatic N) is 2. The molecular weight excluding hydrogens is 347 g/mol. The predicted molar refractivity (Wildman–Crippen MR) is 105 cm³/mol. The van der Waals surface area contributed by atoms with Crippen LogP contribution in [-0.2, 0) is 0 Å². The number of rotatable bonds is 6. The highest BCUT2D eigenvalue weighted by Crippen LogP contribution is 2.32. The molecule has 1 aliphatic rings. The summed E-state index contributed by atoms with van der Waals surface area (Å²) >= 11 is 0. The third kappa shape index (κ3) is 4.11. The SMILES string of the molecule is COc1cc(N2CCN(C(C)c3ccc(OC)c(OC)c3)CC2)ccc1F. The van der Waals surface area contributed by atoms with Crippen LogP contribution in [0, 0.1) is 5.82 Å². The third-order valence-electron chi connectivity index (χ3n) is 5.25. The maximum atomic E-state index is 13.6. The summed E-state index contributed by atoms with van der Waals surface area (Å²) in [6.45, 7) is 5.82. The smallest absolute Gasteiger partial charge is 0.165 e. The molecule has 3 rings (SSSR count). The molecule has 27 heavy (non-hydrogen) atoms. The highest BCUT2D eigenvalue weighted by atomic mass is 19.1. The molecule has 0 radical (unpaired) electrons. The van der Waals surface area contributed by atoms with Gasteiger partial charge in [-0.3, -0.25) is 4.90 Å². The monoisotopic (exact) mass is 374 g/mol. The van der Waals surface area contributed by atoms with Crippen LogP contribution < -0.4 is 19.1 Å². The maximum absolute atomic E-state index is 13.6. The van der Waals surface area contributed by atoms with Crippen molar-refractivity contribution in [2.24, 2.45) is 0 Å². The van der Waals surface area contributed by atoms with Gasteiger partial charge in [0.15, 0.2) is 23.1 Å². The number of hydrogen-bond donors (Lipinski definition) is 0. The minimum absolute atomic E-state index is 0.273. The highest BCUT2D eigenvalue weighted by Gasteiger charge is 2.23. The Morgan fingerprint density at radius 2 is 1.48 bits per heavy atom. The fraction of sp³-hybridized carbons (Fsp3) is 0.429. The summed E-state index contributed by atoms with van der Waals surface area (Å²) in [6.07, 6.45) is 0. The first-order chi connectivity index (χ1) is 13.1. The Kier molecular flexibility index (Phi) is 6.06. The summed E-state index contributed by atoms with van der Waals surface area (Å²) < 4.78 is 29.5.